The normalized spacial score (nSPS) is 17.1. The molecule has 1 N–H and O–H groups in total. The first-order valence-electron chi connectivity index (χ1n) is 7.46. The summed E-state index contributed by atoms with van der Waals surface area (Å²) >= 11 is 1.27. The largest absolute Gasteiger partial charge is 0.395 e. The molecule has 2 rings (SSSR count). The van der Waals surface area contributed by atoms with Gasteiger partial charge in [-0.15, -0.1) is 16.7 Å². The molecule has 1 heterocycles. The zero-order chi connectivity index (χ0) is 17.6. The Morgan fingerprint density at radius 1 is 1.54 bits per heavy atom. The summed E-state index contributed by atoms with van der Waals surface area (Å²) in [5.41, 5.74) is 1.77. The number of hydrogen-bond acceptors (Lipinski definition) is 5. The molecule has 1 aliphatic carbocycles. The van der Waals surface area contributed by atoms with Gasteiger partial charge in [-0.25, -0.2) is 0 Å². The van der Waals surface area contributed by atoms with E-state index < -0.39 is 10.7 Å². The van der Waals surface area contributed by atoms with Crippen molar-refractivity contribution in [1.29, 1.82) is 0 Å². The zero-order valence-corrected chi connectivity index (χ0v) is 14.3. The standard InChI is InChI=1S/C18H18N2O3S/c1-18(2,17(22)20-23)24-16-9-10-19-11-15(16)14-6-4-3-5-13(12-21)7-8-14/h6-11,13,21H,4,12H2,1-2H3. The second-order valence-corrected chi connectivity index (χ2v) is 7.38. The number of rotatable bonds is 5. The van der Waals surface area contributed by atoms with Gasteiger partial charge >= 0.3 is 5.91 Å². The number of nitroso groups, excluding NO2 is 1. The summed E-state index contributed by atoms with van der Waals surface area (Å²) in [4.78, 5) is 27.3. The van der Waals surface area contributed by atoms with Crippen LogP contribution in [0.2, 0.25) is 0 Å². The van der Waals surface area contributed by atoms with E-state index in [9.17, 15) is 14.8 Å². The summed E-state index contributed by atoms with van der Waals surface area (Å²) < 4.78 is -0.961. The SMILES string of the molecule is CC(C)(Sc1ccncc1C1=CCC#CC(CO)C=C1)C(=O)N=O. The van der Waals surface area contributed by atoms with E-state index >= 15 is 0 Å². The Bertz CT molecular complexity index is 757. The Kier molecular flexibility index (Phi) is 6.07. The molecule has 1 aliphatic rings. The van der Waals surface area contributed by atoms with Crippen LogP contribution in [0.5, 0.6) is 0 Å². The van der Waals surface area contributed by atoms with Crippen LogP contribution in [0.15, 0.2) is 46.8 Å². The van der Waals surface area contributed by atoms with Gasteiger partial charge in [-0.05, 0) is 25.5 Å². The van der Waals surface area contributed by atoms with E-state index in [1.807, 2.05) is 24.3 Å². The van der Waals surface area contributed by atoms with Gasteiger partial charge in [0.1, 0.15) is 0 Å². The van der Waals surface area contributed by atoms with E-state index in [1.54, 1.807) is 26.2 Å². The molecule has 1 aromatic heterocycles. The lowest BCUT2D eigenvalue weighted by Crippen LogP contribution is -2.25. The second kappa shape index (κ2) is 8.04. The van der Waals surface area contributed by atoms with Crippen molar-refractivity contribution in [2.45, 2.75) is 29.9 Å². The summed E-state index contributed by atoms with van der Waals surface area (Å²) in [5, 5.41) is 11.8. The molecule has 0 fully saturated rings. The molecule has 0 radical (unpaired) electrons. The van der Waals surface area contributed by atoms with E-state index in [0.717, 1.165) is 16.0 Å². The molecule has 1 atom stereocenters. The Morgan fingerprint density at radius 3 is 3.04 bits per heavy atom. The van der Waals surface area contributed by atoms with Crippen LogP contribution in [-0.2, 0) is 4.79 Å². The first-order chi connectivity index (χ1) is 11.5. The molecule has 1 amide bonds. The molecule has 0 spiro atoms. The van der Waals surface area contributed by atoms with Crippen LogP contribution < -0.4 is 0 Å². The Hall–Kier alpha value is -2.23. The molecule has 5 nitrogen and oxygen atoms in total. The maximum absolute atomic E-state index is 11.7. The fourth-order valence-electron chi connectivity index (χ4n) is 2.11. The van der Waals surface area contributed by atoms with E-state index in [1.165, 1.54) is 11.8 Å². The number of amides is 1. The van der Waals surface area contributed by atoms with Crippen molar-refractivity contribution in [2.75, 3.05) is 6.61 Å². The lowest BCUT2D eigenvalue weighted by Gasteiger charge is -2.20. The smallest absolute Gasteiger partial charge is 0.302 e. The van der Waals surface area contributed by atoms with Gasteiger partial charge in [0.15, 0.2) is 0 Å². The number of hydrogen-bond donors (Lipinski definition) is 1. The number of carbonyl (C=O) groups is 1. The quantitative estimate of drug-likeness (QED) is 0.505. The molecule has 124 valence electrons. The predicted octanol–water partition coefficient (Wildman–Crippen LogP) is 3.20. The number of nitrogens with zero attached hydrogens (tertiary/aromatic N) is 2. The highest BCUT2D eigenvalue weighted by Crippen LogP contribution is 2.38. The van der Waals surface area contributed by atoms with Crippen LogP contribution in [-0.4, -0.2) is 27.4 Å². The maximum Gasteiger partial charge on any atom is 0.302 e. The number of allylic oxidation sites excluding steroid dienone is 3. The van der Waals surface area contributed by atoms with Gasteiger partial charge in [0.25, 0.3) is 0 Å². The molecule has 1 aromatic rings. The third-order valence-corrected chi connectivity index (χ3v) is 4.73. The molecule has 1 unspecified atom stereocenters. The molecule has 0 aromatic carbocycles. The van der Waals surface area contributed by atoms with Crippen LogP contribution in [0.1, 0.15) is 25.8 Å². The molecular weight excluding hydrogens is 324 g/mol. The third-order valence-electron chi connectivity index (χ3n) is 3.47. The molecule has 0 saturated heterocycles. The highest BCUT2D eigenvalue weighted by Gasteiger charge is 2.31. The molecule has 24 heavy (non-hydrogen) atoms. The minimum absolute atomic E-state index is 0.0298. The number of carbonyl (C=O) groups excluding carboxylic acids is 1. The first-order valence-corrected chi connectivity index (χ1v) is 8.28. The molecule has 0 aliphatic heterocycles. The summed E-state index contributed by atoms with van der Waals surface area (Å²) in [6.45, 7) is 3.31. The van der Waals surface area contributed by atoms with Crippen LogP contribution in [0.4, 0.5) is 0 Å². The number of pyridine rings is 1. The van der Waals surface area contributed by atoms with E-state index in [-0.39, 0.29) is 12.5 Å². The van der Waals surface area contributed by atoms with Gasteiger partial charge in [0.2, 0.25) is 0 Å². The summed E-state index contributed by atoms with van der Waals surface area (Å²) in [6, 6.07) is 1.81. The van der Waals surface area contributed by atoms with Crippen molar-refractivity contribution in [2.24, 2.45) is 11.1 Å². The van der Waals surface area contributed by atoms with E-state index in [2.05, 4.69) is 22.0 Å². The Balaban J connectivity index is 2.37. The maximum atomic E-state index is 11.7. The minimum atomic E-state index is -0.961. The average Bonchev–Trinajstić information content (AvgIpc) is 2.55. The third kappa shape index (κ3) is 4.40. The molecule has 0 bridgehead atoms. The minimum Gasteiger partial charge on any atom is -0.395 e. The van der Waals surface area contributed by atoms with Crippen molar-refractivity contribution in [1.82, 2.24) is 4.98 Å². The Morgan fingerprint density at radius 2 is 2.33 bits per heavy atom. The van der Waals surface area contributed by atoms with Gasteiger partial charge in [-0.1, -0.05) is 30.1 Å². The highest BCUT2D eigenvalue weighted by atomic mass is 32.2. The van der Waals surface area contributed by atoms with Crippen molar-refractivity contribution in [3.05, 3.63) is 47.2 Å². The van der Waals surface area contributed by atoms with Crippen molar-refractivity contribution >= 4 is 23.2 Å². The van der Waals surface area contributed by atoms with Gasteiger partial charge in [0.05, 0.1) is 17.3 Å². The fourth-order valence-corrected chi connectivity index (χ4v) is 3.19. The van der Waals surface area contributed by atoms with Crippen LogP contribution in [0, 0.1) is 22.7 Å². The van der Waals surface area contributed by atoms with Crippen molar-refractivity contribution in [3.63, 3.8) is 0 Å². The first kappa shape index (κ1) is 18.1. The highest BCUT2D eigenvalue weighted by molar-refractivity contribution is 8.01. The van der Waals surface area contributed by atoms with Crippen molar-refractivity contribution < 1.29 is 9.90 Å². The fraction of sp³-hybridized carbons (Fsp3) is 0.333. The van der Waals surface area contributed by atoms with Crippen LogP contribution in [0.3, 0.4) is 0 Å². The summed E-state index contributed by atoms with van der Waals surface area (Å²) in [6.07, 6.45) is 9.66. The molecular formula is C18H18N2O3S. The van der Waals surface area contributed by atoms with Crippen LogP contribution >= 0.6 is 11.8 Å². The van der Waals surface area contributed by atoms with Crippen molar-refractivity contribution in [3.8, 4) is 11.8 Å². The van der Waals surface area contributed by atoms with E-state index in [4.69, 9.17) is 0 Å². The van der Waals surface area contributed by atoms with Crippen LogP contribution in [0.25, 0.3) is 5.57 Å². The van der Waals surface area contributed by atoms with E-state index in [0.29, 0.717) is 6.42 Å². The molecule has 0 saturated carbocycles. The topological polar surface area (TPSA) is 79.6 Å². The number of aromatic nitrogens is 1. The van der Waals surface area contributed by atoms with Gasteiger partial charge in [0, 0.05) is 34.5 Å². The van der Waals surface area contributed by atoms with Gasteiger partial charge in [-0.3, -0.25) is 9.78 Å². The summed E-state index contributed by atoms with van der Waals surface area (Å²) in [7, 11) is 0. The predicted molar refractivity (Wildman–Crippen MR) is 95.1 cm³/mol. The number of aliphatic hydroxyl groups is 1. The Labute approximate surface area is 145 Å². The monoisotopic (exact) mass is 342 g/mol. The van der Waals surface area contributed by atoms with Gasteiger partial charge in [-0.2, -0.15) is 0 Å². The zero-order valence-electron chi connectivity index (χ0n) is 13.5. The average molecular weight is 342 g/mol. The lowest BCUT2D eigenvalue weighted by atomic mass is 10.0. The summed E-state index contributed by atoms with van der Waals surface area (Å²) in [5.74, 6) is 5.08. The second-order valence-electron chi connectivity index (χ2n) is 5.71. The number of aliphatic hydroxyl groups excluding tert-OH is 1. The molecule has 6 heteroatoms. The number of thioether (sulfide) groups is 1. The van der Waals surface area contributed by atoms with Gasteiger partial charge < -0.3 is 5.11 Å². The lowest BCUT2D eigenvalue weighted by molar-refractivity contribution is -0.119.